The number of nitrogens with one attached hydrogen (secondary N) is 2. The van der Waals surface area contributed by atoms with E-state index in [1.165, 1.54) is 0 Å². The van der Waals surface area contributed by atoms with Crippen molar-refractivity contribution < 1.29 is 14.7 Å². The SMILES string of the molecule is CC(C)(CCNC(=O)c1cc(-c2cccs2)[nH]n1)C(=O)O. The molecule has 21 heavy (non-hydrogen) atoms. The van der Waals surface area contributed by atoms with Crippen LogP contribution in [0.25, 0.3) is 10.6 Å². The number of hydrogen-bond donors (Lipinski definition) is 3. The van der Waals surface area contributed by atoms with Gasteiger partial charge in [0.1, 0.15) is 0 Å². The van der Waals surface area contributed by atoms with Crippen LogP contribution in [0.3, 0.4) is 0 Å². The third kappa shape index (κ3) is 3.69. The monoisotopic (exact) mass is 307 g/mol. The summed E-state index contributed by atoms with van der Waals surface area (Å²) in [5.41, 5.74) is 0.230. The van der Waals surface area contributed by atoms with Gasteiger partial charge in [0.2, 0.25) is 0 Å². The van der Waals surface area contributed by atoms with Crippen LogP contribution >= 0.6 is 11.3 Å². The van der Waals surface area contributed by atoms with Gasteiger partial charge in [0.05, 0.1) is 16.0 Å². The van der Waals surface area contributed by atoms with Crippen molar-refractivity contribution in [2.75, 3.05) is 6.54 Å². The number of carbonyl (C=O) groups excluding carboxylic acids is 1. The zero-order valence-corrected chi connectivity index (χ0v) is 12.7. The van der Waals surface area contributed by atoms with Crippen molar-refractivity contribution in [2.24, 2.45) is 5.41 Å². The van der Waals surface area contributed by atoms with Gasteiger partial charge >= 0.3 is 5.97 Å². The topological polar surface area (TPSA) is 95.1 Å². The molecule has 2 aromatic rings. The molecule has 0 unspecified atom stereocenters. The first-order valence-corrected chi connectivity index (χ1v) is 7.39. The summed E-state index contributed by atoms with van der Waals surface area (Å²) in [7, 11) is 0. The Balaban J connectivity index is 1.91. The molecule has 0 aliphatic carbocycles. The molecular weight excluding hydrogens is 290 g/mol. The average molecular weight is 307 g/mol. The maximum atomic E-state index is 11.9. The van der Waals surface area contributed by atoms with Gasteiger partial charge in [0.15, 0.2) is 5.69 Å². The number of hydrogen-bond acceptors (Lipinski definition) is 4. The van der Waals surface area contributed by atoms with Gasteiger partial charge in [-0.05, 0) is 37.8 Å². The molecule has 112 valence electrons. The fourth-order valence-electron chi connectivity index (χ4n) is 1.68. The number of aromatic amines is 1. The highest BCUT2D eigenvalue weighted by Crippen LogP contribution is 2.23. The summed E-state index contributed by atoms with van der Waals surface area (Å²) in [6.07, 6.45) is 0.357. The normalized spacial score (nSPS) is 11.3. The van der Waals surface area contributed by atoms with Crippen LogP contribution in [0.1, 0.15) is 30.8 Å². The number of carboxylic acids is 1. The quantitative estimate of drug-likeness (QED) is 0.763. The van der Waals surface area contributed by atoms with E-state index in [0.717, 1.165) is 10.6 Å². The van der Waals surface area contributed by atoms with Crippen LogP contribution in [0.5, 0.6) is 0 Å². The second-order valence-corrected chi connectivity index (χ2v) is 6.29. The Labute approximate surface area is 126 Å². The number of amides is 1. The Morgan fingerprint density at radius 2 is 2.24 bits per heavy atom. The first kappa shape index (κ1) is 15.2. The highest BCUT2D eigenvalue weighted by Gasteiger charge is 2.26. The predicted molar refractivity (Wildman–Crippen MR) is 80.3 cm³/mol. The molecule has 1 amide bonds. The Morgan fingerprint density at radius 3 is 2.86 bits per heavy atom. The zero-order chi connectivity index (χ0) is 15.5. The fraction of sp³-hybridized carbons (Fsp3) is 0.357. The van der Waals surface area contributed by atoms with Crippen molar-refractivity contribution in [3.63, 3.8) is 0 Å². The summed E-state index contributed by atoms with van der Waals surface area (Å²) in [6, 6.07) is 5.55. The van der Waals surface area contributed by atoms with E-state index in [-0.39, 0.29) is 5.91 Å². The van der Waals surface area contributed by atoms with E-state index in [1.807, 2.05) is 17.5 Å². The molecule has 0 radical (unpaired) electrons. The number of thiophene rings is 1. The minimum atomic E-state index is -0.878. The maximum Gasteiger partial charge on any atom is 0.309 e. The van der Waals surface area contributed by atoms with Crippen molar-refractivity contribution in [3.8, 4) is 10.6 Å². The van der Waals surface area contributed by atoms with Crippen molar-refractivity contribution in [1.82, 2.24) is 15.5 Å². The highest BCUT2D eigenvalue weighted by atomic mass is 32.1. The largest absolute Gasteiger partial charge is 0.481 e. The van der Waals surface area contributed by atoms with Gasteiger partial charge in [-0.2, -0.15) is 5.10 Å². The second-order valence-electron chi connectivity index (χ2n) is 5.34. The molecule has 0 spiro atoms. The van der Waals surface area contributed by atoms with Crippen molar-refractivity contribution >= 4 is 23.2 Å². The van der Waals surface area contributed by atoms with Crippen molar-refractivity contribution in [3.05, 3.63) is 29.3 Å². The zero-order valence-electron chi connectivity index (χ0n) is 11.8. The molecule has 6 nitrogen and oxygen atoms in total. The summed E-state index contributed by atoms with van der Waals surface area (Å²) < 4.78 is 0. The molecule has 0 fully saturated rings. The van der Waals surface area contributed by atoms with Crippen LogP contribution in [0.15, 0.2) is 23.6 Å². The minimum Gasteiger partial charge on any atom is -0.481 e. The van der Waals surface area contributed by atoms with Crippen molar-refractivity contribution in [2.45, 2.75) is 20.3 Å². The molecule has 3 N–H and O–H groups in total. The van der Waals surface area contributed by atoms with Crippen LogP contribution in [0, 0.1) is 5.41 Å². The van der Waals surface area contributed by atoms with Crippen LogP contribution < -0.4 is 5.32 Å². The molecule has 0 aromatic carbocycles. The third-order valence-electron chi connectivity index (χ3n) is 3.21. The molecule has 2 aromatic heterocycles. The van der Waals surface area contributed by atoms with Crippen LogP contribution in [-0.2, 0) is 4.79 Å². The summed E-state index contributed by atoms with van der Waals surface area (Å²) >= 11 is 1.56. The molecule has 0 atom stereocenters. The third-order valence-corrected chi connectivity index (χ3v) is 4.11. The van der Waals surface area contributed by atoms with Gasteiger partial charge in [-0.3, -0.25) is 14.7 Å². The Bertz CT molecular complexity index is 632. The smallest absolute Gasteiger partial charge is 0.309 e. The maximum absolute atomic E-state index is 11.9. The van der Waals surface area contributed by atoms with Crippen LogP contribution in [0.2, 0.25) is 0 Å². The first-order valence-electron chi connectivity index (χ1n) is 6.51. The molecule has 0 bridgehead atoms. The van der Waals surface area contributed by atoms with E-state index < -0.39 is 11.4 Å². The summed E-state index contributed by atoms with van der Waals surface area (Å²) in [5.74, 6) is -1.19. The minimum absolute atomic E-state index is 0.291. The fourth-order valence-corrected chi connectivity index (χ4v) is 2.37. The van der Waals surface area contributed by atoms with Gasteiger partial charge in [0, 0.05) is 6.54 Å². The Hall–Kier alpha value is -2.15. The molecule has 0 aliphatic heterocycles. The van der Waals surface area contributed by atoms with Gasteiger partial charge in [-0.1, -0.05) is 6.07 Å². The van der Waals surface area contributed by atoms with Crippen LogP contribution in [-0.4, -0.2) is 33.7 Å². The Kier molecular flexibility index (Phi) is 4.42. The van der Waals surface area contributed by atoms with E-state index in [1.54, 1.807) is 31.3 Å². The number of H-pyrrole nitrogens is 1. The first-order chi connectivity index (χ1) is 9.90. The van der Waals surface area contributed by atoms with Crippen molar-refractivity contribution in [1.29, 1.82) is 0 Å². The van der Waals surface area contributed by atoms with E-state index in [4.69, 9.17) is 5.11 Å². The van der Waals surface area contributed by atoms with E-state index >= 15 is 0 Å². The lowest BCUT2D eigenvalue weighted by atomic mass is 9.90. The molecule has 2 heterocycles. The number of carbonyl (C=O) groups is 2. The number of aromatic nitrogens is 2. The number of aliphatic carboxylic acids is 1. The lowest BCUT2D eigenvalue weighted by Crippen LogP contribution is -2.32. The van der Waals surface area contributed by atoms with E-state index in [0.29, 0.717) is 18.7 Å². The molecule has 2 rings (SSSR count). The molecule has 0 saturated heterocycles. The second kappa shape index (κ2) is 6.09. The molecule has 0 saturated carbocycles. The lowest BCUT2D eigenvalue weighted by Gasteiger charge is -2.18. The summed E-state index contributed by atoms with van der Waals surface area (Å²) in [5, 5.41) is 20.4. The lowest BCUT2D eigenvalue weighted by molar-refractivity contribution is -0.147. The molecular formula is C14H17N3O3S. The van der Waals surface area contributed by atoms with Gasteiger partial charge < -0.3 is 10.4 Å². The van der Waals surface area contributed by atoms with Gasteiger partial charge in [0.25, 0.3) is 5.91 Å². The highest BCUT2D eigenvalue weighted by molar-refractivity contribution is 7.13. The van der Waals surface area contributed by atoms with E-state index in [2.05, 4.69) is 15.5 Å². The van der Waals surface area contributed by atoms with Gasteiger partial charge in [-0.25, -0.2) is 0 Å². The van der Waals surface area contributed by atoms with Crippen LogP contribution in [0.4, 0.5) is 0 Å². The molecule has 7 heteroatoms. The summed E-state index contributed by atoms with van der Waals surface area (Å²) in [6.45, 7) is 3.55. The number of rotatable bonds is 6. The standard InChI is InChI=1S/C14H17N3O3S/c1-14(2,13(19)20)5-6-15-12(18)10-8-9(16-17-10)11-4-3-7-21-11/h3-4,7-8H,5-6H2,1-2H3,(H,15,18)(H,16,17)(H,19,20). The Morgan fingerprint density at radius 1 is 1.48 bits per heavy atom. The average Bonchev–Trinajstić information content (AvgIpc) is 3.09. The summed E-state index contributed by atoms with van der Waals surface area (Å²) in [4.78, 5) is 23.9. The number of carboxylic acid groups (broad SMARTS) is 1. The van der Waals surface area contributed by atoms with Gasteiger partial charge in [-0.15, -0.1) is 11.3 Å². The van der Waals surface area contributed by atoms with E-state index in [9.17, 15) is 9.59 Å². The molecule has 0 aliphatic rings. The number of nitrogens with zero attached hydrogens (tertiary/aromatic N) is 1. The predicted octanol–water partition coefficient (Wildman–Crippen LogP) is 2.37.